The number of pyridine rings is 1. The van der Waals surface area contributed by atoms with E-state index < -0.39 is 0 Å². The van der Waals surface area contributed by atoms with Crippen LogP contribution in [0, 0.1) is 25.2 Å². The van der Waals surface area contributed by atoms with Gasteiger partial charge in [-0.3, -0.25) is 4.79 Å². The van der Waals surface area contributed by atoms with Gasteiger partial charge in [0.25, 0.3) is 0 Å². The number of halogens is 2. The van der Waals surface area contributed by atoms with E-state index in [1.54, 1.807) is 24.3 Å². The lowest BCUT2D eigenvalue weighted by molar-refractivity contribution is -0.113. The number of rotatable bonds is 6. The molecule has 1 aromatic heterocycles. The van der Waals surface area contributed by atoms with Crippen LogP contribution in [0.15, 0.2) is 77.8 Å². The second kappa shape index (κ2) is 11.0. The van der Waals surface area contributed by atoms with Crippen molar-refractivity contribution in [2.75, 3.05) is 11.1 Å². The Bertz CT molecular complexity index is 1430. The van der Waals surface area contributed by atoms with Gasteiger partial charge >= 0.3 is 0 Å². The standard InChI is InChI=1S/C28H21Cl2N3OS/c1-17-3-6-20(7-4-17)26-14-23(19-8-11-21(29)12-9-19)24(15-31)28(33-26)35-16-27(34)32-25-13-22(30)10-5-18(25)2/h3-14H,16H2,1-2H3,(H,32,34). The Hall–Kier alpha value is -3.30. The molecule has 7 heteroatoms. The van der Waals surface area contributed by atoms with E-state index >= 15 is 0 Å². The molecule has 4 rings (SSSR count). The average Bonchev–Trinajstić information content (AvgIpc) is 2.85. The summed E-state index contributed by atoms with van der Waals surface area (Å²) in [6.07, 6.45) is 0. The third kappa shape index (κ3) is 6.04. The highest BCUT2D eigenvalue weighted by Crippen LogP contribution is 2.35. The molecule has 1 heterocycles. The number of nitrogens with one attached hydrogen (secondary N) is 1. The number of amides is 1. The summed E-state index contributed by atoms with van der Waals surface area (Å²) in [4.78, 5) is 17.5. The molecule has 0 radical (unpaired) electrons. The maximum atomic E-state index is 12.7. The number of nitrogens with zero attached hydrogens (tertiary/aromatic N) is 2. The monoisotopic (exact) mass is 517 g/mol. The van der Waals surface area contributed by atoms with Gasteiger partial charge in [-0.25, -0.2) is 4.98 Å². The van der Waals surface area contributed by atoms with Crippen molar-refractivity contribution >= 4 is 46.6 Å². The highest BCUT2D eigenvalue weighted by molar-refractivity contribution is 8.00. The zero-order valence-electron chi connectivity index (χ0n) is 19.1. The van der Waals surface area contributed by atoms with E-state index in [9.17, 15) is 10.1 Å². The van der Waals surface area contributed by atoms with Crippen LogP contribution in [0.5, 0.6) is 0 Å². The van der Waals surface area contributed by atoms with Crippen LogP contribution in [0.3, 0.4) is 0 Å². The summed E-state index contributed by atoms with van der Waals surface area (Å²) in [5.74, 6) is -0.120. The third-order valence-corrected chi connectivity index (χ3v) is 6.88. The summed E-state index contributed by atoms with van der Waals surface area (Å²) in [6.45, 7) is 3.93. The molecule has 0 aliphatic carbocycles. The topological polar surface area (TPSA) is 65.8 Å². The maximum Gasteiger partial charge on any atom is 0.234 e. The molecule has 1 amide bonds. The normalized spacial score (nSPS) is 10.6. The summed E-state index contributed by atoms with van der Waals surface area (Å²) in [6, 6.07) is 24.9. The molecule has 0 unspecified atom stereocenters. The number of anilines is 1. The molecule has 35 heavy (non-hydrogen) atoms. The van der Waals surface area contributed by atoms with Crippen LogP contribution < -0.4 is 5.32 Å². The fraction of sp³-hybridized carbons (Fsp3) is 0.107. The number of carbonyl (C=O) groups excluding carboxylic acids is 1. The van der Waals surface area contributed by atoms with Gasteiger partial charge in [-0.05, 0) is 55.3 Å². The van der Waals surface area contributed by atoms with E-state index in [1.165, 1.54) is 11.8 Å². The molecule has 4 nitrogen and oxygen atoms in total. The number of hydrogen-bond donors (Lipinski definition) is 1. The zero-order valence-corrected chi connectivity index (χ0v) is 21.4. The Morgan fingerprint density at radius 3 is 2.29 bits per heavy atom. The Morgan fingerprint density at radius 1 is 0.943 bits per heavy atom. The zero-order chi connectivity index (χ0) is 24.9. The molecule has 3 aromatic carbocycles. The minimum atomic E-state index is -0.208. The first-order valence-corrected chi connectivity index (χ1v) is 12.5. The van der Waals surface area contributed by atoms with Gasteiger partial charge in [0.15, 0.2) is 0 Å². The lowest BCUT2D eigenvalue weighted by Gasteiger charge is -2.13. The van der Waals surface area contributed by atoms with Crippen molar-refractivity contribution in [2.45, 2.75) is 18.9 Å². The Balaban J connectivity index is 1.69. The molecular formula is C28H21Cl2N3OS. The number of nitriles is 1. The molecule has 0 fully saturated rings. The fourth-order valence-electron chi connectivity index (χ4n) is 3.51. The summed E-state index contributed by atoms with van der Waals surface area (Å²) in [5.41, 5.74) is 6.37. The summed E-state index contributed by atoms with van der Waals surface area (Å²) in [5, 5.41) is 14.6. The van der Waals surface area contributed by atoms with Crippen molar-refractivity contribution in [3.63, 3.8) is 0 Å². The molecule has 0 saturated heterocycles. The number of carbonyl (C=O) groups is 1. The molecule has 0 aliphatic heterocycles. The first kappa shape index (κ1) is 24.8. The van der Waals surface area contributed by atoms with Crippen molar-refractivity contribution in [2.24, 2.45) is 0 Å². The molecule has 4 aromatic rings. The molecule has 1 N–H and O–H groups in total. The first-order valence-electron chi connectivity index (χ1n) is 10.8. The Labute approximate surface area is 218 Å². The van der Waals surface area contributed by atoms with Gasteiger partial charge in [-0.2, -0.15) is 5.26 Å². The minimum absolute atomic E-state index is 0.0883. The van der Waals surface area contributed by atoms with Crippen LogP contribution in [-0.4, -0.2) is 16.6 Å². The van der Waals surface area contributed by atoms with Crippen LogP contribution in [0.1, 0.15) is 16.7 Å². The lowest BCUT2D eigenvalue weighted by atomic mass is 9.99. The Morgan fingerprint density at radius 2 is 1.60 bits per heavy atom. The predicted molar refractivity (Wildman–Crippen MR) is 145 cm³/mol. The van der Waals surface area contributed by atoms with Gasteiger partial charge < -0.3 is 5.32 Å². The van der Waals surface area contributed by atoms with E-state index in [0.717, 1.165) is 33.5 Å². The second-order valence-electron chi connectivity index (χ2n) is 8.02. The van der Waals surface area contributed by atoms with Gasteiger partial charge in [0.05, 0.1) is 17.0 Å². The fourth-order valence-corrected chi connectivity index (χ4v) is 4.61. The van der Waals surface area contributed by atoms with Gasteiger partial charge in [0.2, 0.25) is 5.91 Å². The van der Waals surface area contributed by atoms with Crippen LogP contribution >= 0.6 is 35.0 Å². The molecule has 0 saturated carbocycles. The summed E-state index contributed by atoms with van der Waals surface area (Å²) in [7, 11) is 0. The summed E-state index contributed by atoms with van der Waals surface area (Å²) < 4.78 is 0. The molecule has 0 bridgehead atoms. The van der Waals surface area contributed by atoms with E-state index in [4.69, 9.17) is 28.2 Å². The van der Waals surface area contributed by atoms with Crippen LogP contribution in [0.25, 0.3) is 22.4 Å². The number of thioether (sulfide) groups is 1. The van der Waals surface area contributed by atoms with Crippen LogP contribution in [0.4, 0.5) is 5.69 Å². The van der Waals surface area contributed by atoms with E-state index in [0.29, 0.717) is 26.3 Å². The van der Waals surface area contributed by atoms with E-state index in [1.807, 2.05) is 62.4 Å². The third-order valence-electron chi connectivity index (χ3n) is 5.41. The first-order chi connectivity index (χ1) is 16.8. The van der Waals surface area contributed by atoms with Crippen molar-refractivity contribution in [3.05, 3.63) is 99.5 Å². The number of aromatic nitrogens is 1. The van der Waals surface area contributed by atoms with E-state index in [-0.39, 0.29) is 11.7 Å². The van der Waals surface area contributed by atoms with Crippen molar-refractivity contribution in [3.8, 4) is 28.5 Å². The largest absolute Gasteiger partial charge is 0.325 e. The van der Waals surface area contributed by atoms with Gasteiger partial charge in [0, 0.05) is 26.9 Å². The second-order valence-corrected chi connectivity index (χ2v) is 9.85. The molecular weight excluding hydrogens is 497 g/mol. The minimum Gasteiger partial charge on any atom is -0.325 e. The lowest BCUT2D eigenvalue weighted by Crippen LogP contribution is -2.15. The van der Waals surface area contributed by atoms with Crippen LogP contribution in [-0.2, 0) is 4.79 Å². The van der Waals surface area contributed by atoms with Gasteiger partial charge in [-0.15, -0.1) is 0 Å². The van der Waals surface area contributed by atoms with Crippen molar-refractivity contribution in [1.82, 2.24) is 4.98 Å². The van der Waals surface area contributed by atoms with Gasteiger partial charge in [0.1, 0.15) is 11.1 Å². The molecule has 0 aliphatic rings. The van der Waals surface area contributed by atoms with Crippen molar-refractivity contribution in [1.29, 1.82) is 5.26 Å². The number of hydrogen-bond acceptors (Lipinski definition) is 4. The van der Waals surface area contributed by atoms with E-state index in [2.05, 4.69) is 11.4 Å². The van der Waals surface area contributed by atoms with Gasteiger partial charge in [-0.1, -0.05) is 83.0 Å². The van der Waals surface area contributed by atoms with Crippen molar-refractivity contribution < 1.29 is 4.79 Å². The quantitative estimate of drug-likeness (QED) is 0.263. The van der Waals surface area contributed by atoms with Crippen LogP contribution in [0.2, 0.25) is 10.0 Å². The molecule has 0 atom stereocenters. The molecule has 0 spiro atoms. The Kier molecular flexibility index (Phi) is 7.77. The maximum absolute atomic E-state index is 12.7. The number of benzene rings is 3. The highest BCUT2D eigenvalue weighted by atomic mass is 35.5. The molecule has 174 valence electrons. The SMILES string of the molecule is Cc1ccc(-c2cc(-c3ccc(Cl)cc3)c(C#N)c(SCC(=O)Nc3cc(Cl)ccc3C)n2)cc1. The summed E-state index contributed by atoms with van der Waals surface area (Å²) >= 11 is 13.4. The average molecular weight is 518 g/mol. The number of aryl methyl sites for hydroxylation is 2. The highest BCUT2D eigenvalue weighted by Gasteiger charge is 2.17. The smallest absolute Gasteiger partial charge is 0.234 e. The predicted octanol–water partition coefficient (Wildman–Crippen LogP) is 7.94.